The summed E-state index contributed by atoms with van der Waals surface area (Å²) < 4.78 is 5.34. The van der Waals surface area contributed by atoms with Gasteiger partial charge in [0.1, 0.15) is 18.0 Å². The summed E-state index contributed by atoms with van der Waals surface area (Å²) in [5, 5.41) is 8.72. The van der Waals surface area contributed by atoms with E-state index in [1.54, 1.807) is 0 Å². The summed E-state index contributed by atoms with van der Waals surface area (Å²) >= 11 is 3.39. The van der Waals surface area contributed by atoms with Crippen LogP contribution in [0.1, 0.15) is 25.5 Å². The van der Waals surface area contributed by atoms with Crippen molar-refractivity contribution in [2.75, 3.05) is 11.9 Å². The van der Waals surface area contributed by atoms with Crippen LogP contribution >= 0.6 is 15.9 Å². The van der Waals surface area contributed by atoms with Crippen molar-refractivity contribution in [1.29, 1.82) is 0 Å². The average Bonchev–Trinajstić information content (AvgIpc) is 2.98. The number of rotatable bonds is 7. The molecule has 0 amide bonds. The number of hydrogen-bond acceptors (Lipinski definition) is 4. The molecule has 5 heteroatoms. The molecule has 0 bridgehead atoms. The third kappa shape index (κ3) is 3.93. The first-order chi connectivity index (χ1) is 9.85. The Hall–Kier alpha value is -1.62. The van der Waals surface area contributed by atoms with Crippen LogP contribution in [0.4, 0.5) is 0 Å². The summed E-state index contributed by atoms with van der Waals surface area (Å²) in [4.78, 5) is 5.27. The number of aromatic nitrogens is 1. The zero-order chi connectivity index (χ0) is 14.2. The molecule has 0 saturated heterocycles. The zero-order valence-electron chi connectivity index (χ0n) is 11.4. The Balaban J connectivity index is 2.10. The number of benzene rings is 1. The molecule has 0 fully saturated rings. The first-order valence-electron chi connectivity index (χ1n) is 6.62. The van der Waals surface area contributed by atoms with E-state index in [0.29, 0.717) is 23.4 Å². The molecule has 1 aromatic heterocycles. The summed E-state index contributed by atoms with van der Waals surface area (Å²) in [5.41, 5.74) is 2.52. The van der Waals surface area contributed by atoms with Crippen LogP contribution < -0.4 is 0 Å². The lowest BCUT2D eigenvalue weighted by Gasteiger charge is -1.99. The quantitative estimate of drug-likeness (QED) is 0.328. The van der Waals surface area contributed by atoms with E-state index in [-0.39, 0.29) is 0 Å². The van der Waals surface area contributed by atoms with Crippen LogP contribution in [0.3, 0.4) is 0 Å². The van der Waals surface area contributed by atoms with Crippen molar-refractivity contribution in [3.63, 3.8) is 0 Å². The first kappa shape index (κ1) is 14.8. The van der Waals surface area contributed by atoms with E-state index >= 15 is 0 Å². The molecule has 0 spiro atoms. The molecule has 0 aliphatic carbocycles. The van der Waals surface area contributed by atoms with Crippen LogP contribution in [-0.2, 0) is 4.84 Å². The summed E-state index contributed by atoms with van der Waals surface area (Å²) in [7, 11) is 0. The first-order valence-corrected chi connectivity index (χ1v) is 7.74. The number of oxime groups is 1. The Morgan fingerprint density at radius 2 is 2.15 bits per heavy atom. The summed E-state index contributed by atoms with van der Waals surface area (Å²) in [6.07, 6.45) is 2.07. The highest BCUT2D eigenvalue weighted by Crippen LogP contribution is 2.19. The van der Waals surface area contributed by atoms with Crippen LogP contribution in [0.5, 0.6) is 0 Å². The molecule has 0 aliphatic rings. The van der Waals surface area contributed by atoms with Crippen LogP contribution in [0.25, 0.3) is 11.3 Å². The standard InChI is InChI=1S/C15H17BrN2O2/c1-2-3-9-19-17-14(11-16)15-10-13(18-20-15)12-7-5-4-6-8-12/h4-8,10H,2-3,9,11H2,1H3/b17-14+. The van der Waals surface area contributed by atoms with Gasteiger partial charge in [0.05, 0.1) is 5.33 Å². The Labute approximate surface area is 126 Å². The van der Waals surface area contributed by atoms with Gasteiger partial charge in [0.15, 0.2) is 5.76 Å². The molecule has 0 unspecified atom stereocenters. The van der Waals surface area contributed by atoms with E-state index in [2.05, 4.69) is 33.2 Å². The Bertz CT molecular complexity index is 552. The molecular weight excluding hydrogens is 320 g/mol. The van der Waals surface area contributed by atoms with Crippen LogP contribution in [-0.4, -0.2) is 22.8 Å². The van der Waals surface area contributed by atoms with Crippen molar-refractivity contribution in [2.24, 2.45) is 5.16 Å². The molecule has 0 aliphatic heterocycles. The molecular formula is C15H17BrN2O2. The SMILES string of the molecule is CCCCO/N=C(\CBr)c1cc(-c2ccccc2)no1. The molecule has 2 aromatic rings. The zero-order valence-corrected chi connectivity index (χ0v) is 13.0. The lowest BCUT2D eigenvalue weighted by Crippen LogP contribution is -2.02. The monoisotopic (exact) mass is 336 g/mol. The van der Waals surface area contributed by atoms with Gasteiger partial charge in [-0.1, -0.05) is 69.9 Å². The van der Waals surface area contributed by atoms with Crippen LogP contribution in [0.2, 0.25) is 0 Å². The fourth-order valence-corrected chi connectivity index (χ4v) is 2.00. The highest BCUT2D eigenvalue weighted by Gasteiger charge is 2.12. The fraction of sp³-hybridized carbons (Fsp3) is 0.333. The van der Waals surface area contributed by atoms with Gasteiger partial charge >= 0.3 is 0 Å². The topological polar surface area (TPSA) is 47.6 Å². The lowest BCUT2D eigenvalue weighted by molar-refractivity contribution is 0.140. The van der Waals surface area contributed by atoms with Gasteiger partial charge in [-0.05, 0) is 6.42 Å². The maximum atomic E-state index is 5.34. The van der Waals surface area contributed by atoms with E-state index in [1.807, 2.05) is 36.4 Å². The van der Waals surface area contributed by atoms with Gasteiger partial charge in [-0.3, -0.25) is 0 Å². The van der Waals surface area contributed by atoms with Crippen molar-refractivity contribution in [2.45, 2.75) is 19.8 Å². The molecule has 1 aromatic carbocycles. The molecule has 0 N–H and O–H groups in total. The van der Waals surface area contributed by atoms with Gasteiger partial charge in [-0.15, -0.1) is 0 Å². The van der Waals surface area contributed by atoms with Crippen molar-refractivity contribution in [3.05, 3.63) is 42.2 Å². The lowest BCUT2D eigenvalue weighted by atomic mass is 10.1. The minimum absolute atomic E-state index is 0.558. The molecule has 0 saturated carbocycles. The van der Waals surface area contributed by atoms with Crippen LogP contribution in [0.15, 0.2) is 46.1 Å². The number of unbranched alkanes of at least 4 members (excludes halogenated alkanes) is 1. The van der Waals surface area contributed by atoms with Gasteiger partial charge < -0.3 is 9.36 Å². The number of halogens is 1. The molecule has 106 valence electrons. The maximum Gasteiger partial charge on any atom is 0.185 e. The highest BCUT2D eigenvalue weighted by atomic mass is 79.9. The minimum Gasteiger partial charge on any atom is -0.395 e. The minimum atomic E-state index is 0.558. The van der Waals surface area contributed by atoms with E-state index in [4.69, 9.17) is 9.36 Å². The summed E-state index contributed by atoms with van der Waals surface area (Å²) in [6.45, 7) is 2.73. The maximum absolute atomic E-state index is 5.34. The Morgan fingerprint density at radius 3 is 2.85 bits per heavy atom. The summed E-state index contributed by atoms with van der Waals surface area (Å²) in [6, 6.07) is 11.8. The molecule has 1 heterocycles. The third-order valence-electron chi connectivity index (χ3n) is 2.75. The number of alkyl halides is 1. The second-order valence-electron chi connectivity index (χ2n) is 4.30. The van der Waals surface area contributed by atoms with E-state index in [0.717, 1.165) is 24.1 Å². The predicted octanol–water partition coefficient (Wildman–Crippen LogP) is 4.26. The van der Waals surface area contributed by atoms with Gasteiger partial charge in [0.2, 0.25) is 0 Å². The van der Waals surface area contributed by atoms with E-state index in [9.17, 15) is 0 Å². The van der Waals surface area contributed by atoms with Crippen molar-refractivity contribution < 1.29 is 9.36 Å². The van der Waals surface area contributed by atoms with Crippen molar-refractivity contribution >= 4 is 21.6 Å². The second-order valence-corrected chi connectivity index (χ2v) is 4.86. The summed E-state index contributed by atoms with van der Waals surface area (Å²) in [5.74, 6) is 0.622. The Morgan fingerprint density at radius 1 is 1.35 bits per heavy atom. The number of nitrogens with zero attached hydrogens (tertiary/aromatic N) is 2. The van der Waals surface area contributed by atoms with E-state index < -0.39 is 0 Å². The molecule has 0 atom stereocenters. The van der Waals surface area contributed by atoms with Crippen molar-refractivity contribution in [3.8, 4) is 11.3 Å². The predicted molar refractivity (Wildman–Crippen MR) is 83.1 cm³/mol. The average molecular weight is 337 g/mol. The largest absolute Gasteiger partial charge is 0.395 e. The smallest absolute Gasteiger partial charge is 0.185 e. The number of hydrogen-bond donors (Lipinski definition) is 0. The van der Waals surface area contributed by atoms with Crippen LogP contribution in [0, 0.1) is 0 Å². The molecule has 2 rings (SSSR count). The Kier molecular flexibility index (Phi) is 5.80. The van der Waals surface area contributed by atoms with Gasteiger partial charge in [0.25, 0.3) is 0 Å². The van der Waals surface area contributed by atoms with Gasteiger partial charge in [-0.25, -0.2) is 0 Å². The fourth-order valence-electron chi connectivity index (χ4n) is 1.62. The molecule has 20 heavy (non-hydrogen) atoms. The van der Waals surface area contributed by atoms with Gasteiger partial charge in [0, 0.05) is 11.6 Å². The molecule has 4 nitrogen and oxygen atoms in total. The normalized spacial score (nSPS) is 11.6. The van der Waals surface area contributed by atoms with Gasteiger partial charge in [-0.2, -0.15) is 0 Å². The van der Waals surface area contributed by atoms with E-state index in [1.165, 1.54) is 0 Å². The van der Waals surface area contributed by atoms with Crippen molar-refractivity contribution in [1.82, 2.24) is 5.16 Å². The second kappa shape index (κ2) is 7.85. The highest BCUT2D eigenvalue weighted by molar-refractivity contribution is 9.09. The third-order valence-corrected chi connectivity index (χ3v) is 3.29. The molecule has 0 radical (unpaired) electrons.